The summed E-state index contributed by atoms with van der Waals surface area (Å²) in [6.07, 6.45) is 4.00. The molecule has 3 fully saturated rings. The summed E-state index contributed by atoms with van der Waals surface area (Å²) in [5.41, 5.74) is 1.12. The van der Waals surface area contributed by atoms with Gasteiger partial charge < -0.3 is 20.4 Å². The van der Waals surface area contributed by atoms with E-state index >= 15 is 0 Å². The van der Waals surface area contributed by atoms with Crippen LogP contribution in [0.3, 0.4) is 0 Å². The van der Waals surface area contributed by atoms with Crippen LogP contribution in [0.5, 0.6) is 0 Å². The minimum atomic E-state index is -3.88. The highest BCUT2D eigenvalue weighted by Gasteiger charge is 2.45. The van der Waals surface area contributed by atoms with Gasteiger partial charge in [-0.3, -0.25) is 23.5 Å². The van der Waals surface area contributed by atoms with Crippen molar-refractivity contribution in [3.63, 3.8) is 0 Å². The number of carbonyl (C=O) groups excluding carboxylic acids is 4. The smallest absolute Gasteiger partial charge is 0.245 e. The maximum atomic E-state index is 13.9. The molecule has 5 rings (SSSR count). The third-order valence-corrected chi connectivity index (χ3v) is 10.4. The van der Waals surface area contributed by atoms with Crippen molar-refractivity contribution >= 4 is 39.3 Å². The SMILES string of the molecule is C[C@H]1NC(=O)[C@H](CCc2ccccc2)NC(=O)CCC[C@H]2[C@@H]3C[C@@H](CN(C(=O)CN(c4cccc(F)c4)S(C)(=O)=O)C3)CN2C1=O. The Morgan fingerprint density at radius 1 is 1.02 bits per heavy atom. The summed E-state index contributed by atoms with van der Waals surface area (Å²) in [5, 5.41) is 5.71. The summed E-state index contributed by atoms with van der Waals surface area (Å²) >= 11 is 0. The maximum absolute atomic E-state index is 13.9. The van der Waals surface area contributed by atoms with Gasteiger partial charge in [0.2, 0.25) is 33.7 Å². The summed E-state index contributed by atoms with van der Waals surface area (Å²) in [6.45, 7) is 2.24. The van der Waals surface area contributed by atoms with E-state index in [1.807, 2.05) is 35.2 Å². The van der Waals surface area contributed by atoms with E-state index < -0.39 is 46.3 Å². The van der Waals surface area contributed by atoms with Crippen LogP contribution in [0, 0.1) is 17.7 Å². The second kappa shape index (κ2) is 14.2. The van der Waals surface area contributed by atoms with Gasteiger partial charge in [-0.05, 0) is 74.6 Å². The van der Waals surface area contributed by atoms with Crippen LogP contribution in [0.25, 0.3) is 0 Å². The molecule has 2 N–H and O–H groups in total. The first-order valence-electron chi connectivity index (χ1n) is 15.8. The summed E-state index contributed by atoms with van der Waals surface area (Å²) in [5.74, 6) is -1.97. The number of hydrogen-bond donors (Lipinski definition) is 2. The summed E-state index contributed by atoms with van der Waals surface area (Å²) in [7, 11) is -3.88. The van der Waals surface area contributed by atoms with Crippen molar-refractivity contribution in [1.82, 2.24) is 20.4 Å². The summed E-state index contributed by atoms with van der Waals surface area (Å²) < 4.78 is 40.0. The predicted octanol–water partition coefficient (Wildman–Crippen LogP) is 2.07. The molecule has 3 heterocycles. The van der Waals surface area contributed by atoms with E-state index in [1.54, 1.807) is 11.8 Å². The number of nitrogens with zero attached hydrogens (tertiary/aromatic N) is 3. The van der Waals surface area contributed by atoms with Crippen LogP contribution in [0.1, 0.15) is 44.6 Å². The van der Waals surface area contributed by atoms with E-state index in [-0.39, 0.29) is 41.8 Å². The van der Waals surface area contributed by atoms with Crippen LogP contribution >= 0.6 is 0 Å². The molecule has 5 atom stereocenters. The van der Waals surface area contributed by atoms with Crippen LogP contribution in [0.2, 0.25) is 0 Å². The van der Waals surface area contributed by atoms with Crippen molar-refractivity contribution in [2.75, 3.05) is 36.7 Å². The van der Waals surface area contributed by atoms with E-state index in [9.17, 15) is 32.0 Å². The van der Waals surface area contributed by atoms with Crippen molar-refractivity contribution in [3.8, 4) is 0 Å². The Labute approximate surface area is 269 Å². The highest BCUT2D eigenvalue weighted by Crippen LogP contribution is 2.36. The van der Waals surface area contributed by atoms with E-state index in [4.69, 9.17) is 0 Å². The first-order chi connectivity index (χ1) is 21.9. The number of nitrogens with one attached hydrogen (secondary N) is 2. The number of fused-ring (bicyclic) bond motifs is 4. The van der Waals surface area contributed by atoms with Gasteiger partial charge in [0.15, 0.2) is 0 Å². The van der Waals surface area contributed by atoms with Gasteiger partial charge in [0.25, 0.3) is 0 Å². The second-order valence-electron chi connectivity index (χ2n) is 12.7. The zero-order chi connectivity index (χ0) is 33.0. The summed E-state index contributed by atoms with van der Waals surface area (Å²) in [6, 6.07) is 13.0. The molecule has 248 valence electrons. The number of piperidine rings is 2. The highest BCUT2D eigenvalue weighted by atomic mass is 32.2. The second-order valence-corrected chi connectivity index (χ2v) is 14.6. The highest BCUT2D eigenvalue weighted by molar-refractivity contribution is 7.92. The van der Waals surface area contributed by atoms with Gasteiger partial charge in [0, 0.05) is 32.1 Å². The number of amides is 4. The molecule has 2 bridgehead atoms. The van der Waals surface area contributed by atoms with Crippen LogP contribution in [0.15, 0.2) is 54.6 Å². The molecule has 0 unspecified atom stereocenters. The molecule has 0 radical (unpaired) electrons. The van der Waals surface area contributed by atoms with Crippen molar-refractivity contribution in [3.05, 3.63) is 66.0 Å². The van der Waals surface area contributed by atoms with E-state index in [0.717, 1.165) is 28.6 Å². The molecule has 13 heteroatoms. The fraction of sp³-hybridized carbons (Fsp3) is 0.515. The third-order valence-electron chi connectivity index (χ3n) is 9.23. The topological polar surface area (TPSA) is 136 Å². The first-order valence-corrected chi connectivity index (χ1v) is 17.7. The van der Waals surface area contributed by atoms with Crippen molar-refractivity contribution in [2.45, 2.75) is 63.6 Å². The fourth-order valence-corrected chi connectivity index (χ4v) is 7.86. The largest absolute Gasteiger partial charge is 0.344 e. The molecule has 2 aromatic carbocycles. The lowest BCUT2D eigenvalue weighted by molar-refractivity contribution is -0.148. The number of anilines is 1. The van der Waals surface area contributed by atoms with Gasteiger partial charge in [-0.15, -0.1) is 0 Å². The quantitative estimate of drug-likeness (QED) is 0.469. The Bertz CT molecular complexity index is 1560. The number of benzene rings is 2. The molecule has 0 saturated carbocycles. The first kappa shape index (κ1) is 33.4. The number of halogens is 1. The molecule has 3 saturated heterocycles. The molecular weight excluding hydrogens is 613 g/mol. The van der Waals surface area contributed by atoms with Gasteiger partial charge in [-0.1, -0.05) is 36.4 Å². The van der Waals surface area contributed by atoms with Gasteiger partial charge in [-0.2, -0.15) is 0 Å². The molecule has 11 nitrogen and oxygen atoms in total. The van der Waals surface area contributed by atoms with Crippen LogP contribution in [-0.2, 0) is 35.6 Å². The standard InChI is InChI=1S/C33H42FN5O6S/c1-22-33(43)38-19-24-16-25(20-37(18-24)31(41)21-39(46(2,44)45)27-11-6-10-26(34)17-27)29(38)12-7-13-30(40)36-28(32(42)35-22)15-14-23-8-4-3-5-9-23/h3-6,8-11,17,22,24-25,28-29H,7,12-16,18-21H2,1-2H3,(H,35,42)(H,36,40)/t22-,24+,25-,28+,29+/m1/s1. The normalized spacial score (nSPS) is 25.8. The lowest BCUT2D eigenvalue weighted by Crippen LogP contribution is -2.63. The monoisotopic (exact) mass is 655 g/mol. The van der Waals surface area contributed by atoms with E-state index in [0.29, 0.717) is 45.3 Å². The van der Waals surface area contributed by atoms with Crippen LogP contribution in [-0.4, -0.2) is 92.4 Å². The van der Waals surface area contributed by atoms with Gasteiger partial charge in [0.05, 0.1) is 11.9 Å². The molecule has 0 aliphatic carbocycles. The molecule has 3 aliphatic rings. The van der Waals surface area contributed by atoms with E-state index in [2.05, 4.69) is 10.6 Å². The van der Waals surface area contributed by atoms with Crippen LogP contribution < -0.4 is 14.9 Å². The Morgan fingerprint density at radius 3 is 2.50 bits per heavy atom. The molecule has 0 aromatic heterocycles. The number of sulfonamides is 1. The zero-order valence-corrected chi connectivity index (χ0v) is 27.0. The predicted molar refractivity (Wildman–Crippen MR) is 170 cm³/mol. The lowest BCUT2D eigenvalue weighted by Gasteiger charge is -2.51. The summed E-state index contributed by atoms with van der Waals surface area (Å²) in [4.78, 5) is 57.1. The van der Waals surface area contributed by atoms with E-state index in [1.165, 1.54) is 18.2 Å². The van der Waals surface area contributed by atoms with Gasteiger partial charge >= 0.3 is 0 Å². The average molecular weight is 656 g/mol. The number of likely N-dealkylation sites (tertiary alicyclic amines) is 1. The van der Waals surface area contributed by atoms with Crippen molar-refractivity contribution < 1.29 is 32.0 Å². The Morgan fingerprint density at radius 2 is 1.78 bits per heavy atom. The number of hydrogen-bond acceptors (Lipinski definition) is 6. The van der Waals surface area contributed by atoms with Gasteiger partial charge in [0.1, 0.15) is 24.4 Å². The Kier molecular flexibility index (Phi) is 10.3. The fourth-order valence-electron chi connectivity index (χ4n) is 7.02. The molecule has 4 amide bonds. The lowest BCUT2D eigenvalue weighted by atomic mass is 9.77. The number of aryl methyl sites for hydroxylation is 1. The Balaban J connectivity index is 1.28. The number of carbonyl (C=O) groups is 4. The van der Waals surface area contributed by atoms with Gasteiger partial charge in [-0.25, -0.2) is 12.8 Å². The molecule has 2 aromatic rings. The molecule has 0 spiro atoms. The third kappa shape index (κ3) is 8.04. The zero-order valence-electron chi connectivity index (χ0n) is 26.2. The van der Waals surface area contributed by atoms with Crippen LogP contribution in [0.4, 0.5) is 10.1 Å². The molecule has 3 aliphatic heterocycles. The minimum absolute atomic E-state index is 0.0403. The van der Waals surface area contributed by atoms with Crippen molar-refractivity contribution in [2.24, 2.45) is 11.8 Å². The number of rotatable bonds is 7. The minimum Gasteiger partial charge on any atom is -0.344 e. The van der Waals surface area contributed by atoms with Crippen molar-refractivity contribution in [1.29, 1.82) is 0 Å². The molecule has 46 heavy (non-hydrogen) atoms. The Hall–Kier alpha value is -4.00. The average Bonchev–Trinajstić information content (AvgIpc) is 3.01. The maximum Gasteiger partial charge on any atom is 0.245 e. The molecular formula is C33H42FN5O6S.